The van der Waals surface area contributed by atoms with Gasteiger partial charge in [-0.2, -0.15) is 5.26 Å². The molecule has 0 saturated carbocycles. The molecular weight excluding hydrogens is 238 g/mol. The van der Waals surface area contributed by atoms with E-state index in [4.69, 9.17) is 5.26 Å². The molecule has 0 spiro atoms. The van der Waals surface area contributed by atoms with Crippen LogP contribution in [0.1, 0.15) is 19.4 Å². The fraction of sp³-hybridized carbons (Fsp3) is 0.333. The molecule has 0 aromatic heterocycles. The summed E-state index contributed by atoms with van der Waals surface area (Å²) in [7, 11) is 0. The first-order chi connectivity index (χ1) is 9.13. The number of carbonyl (C=O) groups excluding carboxylic acids is 1. The molecule has 0 heterocycles. The Balaban J connectivity index is 2.42. The van der Waals surface area contributed by atoms with E-state index in [1.54, 1.807) is 0 Å². The quantitative estimate of drug-likeness (QED) is 0.603. The maximum absolute atomic E-state index is 11.7. The highest BCUT2D eigenvalue weighted by Crippen LogP contribution is 1.99. The molecular formula is C15H19N3O. The molecule has 19 heavy (non-hydrogen) atoms. The van der Waals surface area contributed by atoms with Crippen molar-refractivity contribution in [3.05, 3.63) is 47.7 Å². The van der Waals surface area contributed by atoms with Crippen LogP contribution in [0.15, 0.2) is 42.1 Å². The van der Waals surface area contributed by atoms with Crippen LogP contribution >= 0.6 is 0 Å². The summed E-state index contributed by atoms with van der Waals surface area (Å²) in [6, 6.07) is 12.0. The van der Waals surface area contributed by atoms with Gasteiger partial charge < -0.3 is 10.6 Å². The zero-order valence-corrected chi connectivity index (χ0v) is 11.3. The molecule has 0 saturated heterocycles. The number of benzene rings is 1. The largest absolute Gasteiger partial charge is 0.387 e. The molecule has 1 rings (SSSR count). The number of nitrogens with zero attached hydrogens (tertiary/aromatic N) is 1. The van der Waals surface area contributed by atoms with Gasteiger partial charge in [0.1, 0.15) is 11.6 Å². The van der Waals surface area contributed by atoms with Crippen molar-refractivity contribution in [2.24, 2.45) is 0 Å². The van der Waals surface area contributed by atoms with Gasteiger partial charge in [0.15, 0.2) is 0 Å². The Morgan fingerprint density at radius 2 is 2.05 bits per heavy atom. The minimum absolute atomic E-state index is 0.0989. The van der Waals surface area contributed by atoms with Crippen molar-refractivity contribution in [2.45, 2.75) is 26.3 Å². The molecule has 1 aromatic rings. The van der Waals surface area contributed by atoms with Gasteiger partial charge >= 0.3 is 0 Å². The maximum atomic E-state index is 11.7. The number of nitrogens with one attached hydrogen (secondary N) is 2. The summed E-state index contributed by atoms with van der Waals surface area (Å²) in [4.78, 5) is 11.7. The third-order valence-electron chi connectivity index (χ3n) is 2.47. The number of carbonyl (C=O) groups is 1. The highest BCUT2D eigenvalue weighted by molar-refractivity contribution is 5.97. The normalized spacial score (nSPS) is 10.9. The van der Waals surface area contributed by atoms with Gasteiger partial charge in [-0.25, -0.2) is 0 Å². The lowest BCUT2D eigenvalue weighted by Crippen LogP contribution is -2.28. The molecule has 0 aliphatic rings. The standard InChI is InChI=1S/C15H19N3O/c1-12(2)18-11-14(10-16)15(19)17-9-8-13-6-4-3-5-7-13/h3-7,11-12,18H,8-9H2,1-2H3,(H,17,19)/b14-11-. The van der Waals surface area contributed by atoms with Crippen LogP contribution in [0.5, 0.6) is 0 Å². The fourth-order valence-corrected chi connectivity index (χ4v) is 1.46. The van der Waals surface area contributed by atoms with E-state index in [-0.39, 0.29) is 17.5 Å². The van der Waals surface area contributed by atoms with Crippen LogP contribution in [-0.2, 0) is 11.2 Å². The van der Waals surface area contributed by atoms with Gasteiger partial charge in [-0.1, -0.05) is 30.3 Å². The molecule has 0 atom stereocenters. The van der Waals surface area contributed by atoms with Crippen LogP contribution in [0.4, 0.5) is 0 Å². The van der Waals surface area contributed by atoms with Gasteiger partial charge in [0.25, 0.3) is 5.91 Å². The predicted octanol–water partition coefficient (Wildman–Crippen LogP) is 1.75. The van der Waals surface area contributed by atoms with Gasteiger partial charge in [0, 0.05) is 18.8 Å². The molecule has 0 unspecified atom stereocenters. The van der Waals surface area contributed by atoms with Gasteiger partial charge in [0.05, 0.1) is 0 Å². The van der Waals surface area contributed by atoms with Crippen molar-refractivity contribution in [1.29, 1.82) is 5.26 Å². The Bertz CT molecular complexity index is 472. The summed E-state index contributed by atoms with van der Waals surface area (Å²) in [5, 5.41) is 14.6. The van der Waals surface area contributed by atoms with Crippen molar-refractivity contribution in [1.82, 2.24) is 10.6 Å². The van der Waals surface area contributed by atoms with Crippen LogP contribution in [0.2, 0.25) is 0 Å². The molecule has 0 bridgehead atoms. The summed E-state index contributed by atoms with van der Waals surface area (Å²) in [5.41, 5.74) is 1.26. The van der Waals surface area contributed by atoms with Gasteiger partial charge in [-0.05, 0) is 25.8 Å². The van der Waals surface area contributed by atoms with Crippen LogP contribution in [-0.4, -0.2) is 18.5 Å². The zero-order valence-electron chi connectivity index (χ0n) is 11.3. The van der Waals surface area contributed by atoms with E-state index < -0.39 is 0 Å². The monoisotopic (exact) mass is 257 g/mol. The van der Waals surface area contributed by atoms with Gasteiger partial charge in [0.2, 0.25) is 0 Å². The average Bonchev–Trinajstić information content (AvgIpc) is 2.40. The molecule has 0 fully saturated rings. The smallest absolute Gasteiger partial charge is 0.263 e. The summed E-state index contributed by atoms with van der Waals surface area (Å²) in [5.74, 6) is -0.341. The molecule has 1 amide bonds. The lowest BCUT2D eigenvalue weighted by molar-refractivity contribution is -0.117. The molecule has 0 aliphatic carbocycles. The number of nitriles is 1. The van der Waals surface area contributed by atoms with Crippen molar-refractivity contribution < 1.29 is 4.79 Å². The Morgan fingerprint density at radius 3 is 2.63 bits per heavy atom. The molecule has 1 aromatic carbocycles. The van der Waals surface area contributed by atoms with Crippen LogP contribution in [0.25, 0.3) is 0 Å². The first kappa shape index (κ1) is 14.8. The molecule has 2 N–H and O–H groups in total. The van der Waals surface area contributed by atoms with Crippen molar-refractivity contribution in [2.75, 3.05) is 6.54 Å². The predicted molar refractivity (Wildman–Crippen MR) is 75.1 cm³/mol. The second-order valence-corrected chi connectivity index (χ2v) is 4.48. The Hall–Kier alpha value is -2.28. The maximum Gasteiger partial charge on any atom is 0.263 e. The Labute approximate surface area is 114 Å². The van der Waals surface area contributed by atoms with Crippen LogP contribution in [0.3, 0.4) is 0 Å². The topological polar surface area (TPSA) is 64.9 Å². The van der Waals surface area contributed by atoms with Gasteiger partial charge in [-0.15, -0.1) is 0 Å². The van der Waals surface area contributed by atoms with E-state index in [0.717, 1.165) is 12.0 Å². The first-order valence-corrected chi connectivity index (χ1v) is 6.32. The van der Waals surface area contributed by atoms with Crippen molar-refractivity contribution in [3.63, 3.8) is 0 Å². The third-order valence-corrected chi connectivity index (χ3v) is 2.47. The van der Waals surface area contributed by atoms with Gasteiger partial charge in [-0.3, -0.25) is 4.79 Å². The number of hydrogen-bond donors (Lipinski definition) is 2. The summed E-state index contributed by atoms with van der Waals surface area (Å²) in [6.45, 7) is 4.40. The Morgan fingerprint density at radius 1 is 1.37 bits per heavy atom. The van der Waals surface area contributed by atoms with Crippen molar-refractivity contribution >= 4 is 5.91 Å². The number of hydrogen-bond acceptors (Lipinski definition) is 3. The van der Waals surface area contributed by atoms with Crippen LogP contribution < -0.4 is 10.6 Å². The second-order valence-electron chi connectivity index (χ2n) is 4.48. The lowest BCUT2D eigenvalue weighted by atomic mass is 10.1. The molecule has 0 aliphatic heterocycles. The molecule has 4 heteroatoms. The zero-order chi connectivity index (χ0) is 14.1. The first-order valence-electron chi connectivity index (χ1n) is 6.32. The van der Waals surface area contributed by atoms with E-state index in [1.807, 2.05) is 50.2 Å². The number of rotatable bonds is 6. The summed E-state index contributed by atoms with van der Waals surface area (Å²) < 4.78 is 0. The SMILES string of the molecule is CC(C)N/C=C(/C#N)C(=O)NCCc1ccccc1. The van der Waals surface area contributed by atoms with E-state index in [1.165, 1.54) is 6.20 Å². The Kier molecular flexibility index (Phi) is 6.17. The minimum Gasteiger partial charge on any atom is -0.387 e. The lowest BCUT2D eigenvalue weighted by Gasteiger charge is -2.06. The van der Waals surface area contributed by atoms with Crippen molar-refractivity contribution in [3.8, 4) is 6.07 Å². The molecule has 0 radical (unpaired) electrons. The van der Waals surface area contributed by atoms with E-state index in [0.29, 0.717) is 6.54 Å². The second kappa shape index (κ2) is 7.93. The summed E-state index contributed by atoms with van der Waals surface area (Å²) >= 11 is 0. The number of amides is 1. The molecule has 100 valence electrons. The average molecular weight is 257 g/mol. The van der Waals surface area contributed by atoms with E-state index in [9.17, 15) is 4.79 Å². The highest BCUT2D eigenvalue weighted by Gasteiger charge is 2.07. The highest BCUT2D eigenvalue weighted by atomic mass is 16.1. The minimum atomic E-state index is -0.341. The van der Waals surface area contributed by atoms with Crippen LogP contribution in [0, 0.1) is 11.3 Å². The molecule has 4 nitrogen and oxygen atoms in total. The summed E-state index contributed by atoms with van der Waals surface area (Å²) in [6.07, 6.45) is 2.21. The fourth-order valence-electron chi connectivity index (χ4n) is 1.46. The van der Waals surface area contributed by atoms with E-state index in [2.05, 4.69) is 10.6 Å². The van der Waals surface area contributed by atoms with E-state index >= 15 is 0 Å². The third kappa shape index (κ3) is 5.73.